The molecule has 29 heavy (non-hydrogen) atoms. The van der Waals surface area contributed by atoms with Crippen LogP contribution in [-0.2, 0) is 19.1 Å². The van der Waals surface area contributed by atoms with E-state index in [1.165, 1.54) is 18.2 Å². The predicted octanol–water partition coefficient (Wildman–Crippen LogP) is 3.21. The molecule has 0 spiro atoms. The number of methoxy groups -OCH3 is 1. The van der Waals surface area contributed by atoms with Crippen LogP contribution >= 0.6 is 0 Å². The Morgan fingerprint density at radius 2 is 1.93 bits per heavy atom. The van der Waals surface area contributed by atoms with Crippen molar-refractivity contribution in [2.75, 3.05) is 20.4 Å². The van der Waals surface area contributed by atoms with Crippen LogP contribution in [0.3, 0.4) is 0 Å². The molecule has 0 saturated carbocycles. The van der Waals surface area contributed by atoms with Crippen molar-refractivity contribution in [3.63, 3.8) is 0 Å². The van der Waals surface area contributed by atoms with Gasteiger partial charge in [0.25, 0.3) is 5.69 Å². The van der Waals surface area contributed by atoms with Crippen LogP contribution in [0.15, 0.2) is 40.7 Å². The SMILES string of the molecule is CCCOC(=O)C1=C(C)NC(CF)=C(C(=O)OC)C1c1cc([N+](=O)[O-])ccc1C. The standard InChI is InChI=1S/C20H23FN2O6/c1-5-8-29-20(25)16-12(3)22-15(10-21)18(19(24)28-4)17(16)14-9-13(23(26)27)7-6-11(14)2/h6-7,9,17,22H,5,8,10H2,1-4H3. The minimum atomic E-state index is -1.07. The third kappa shape index (κ3) is 4.44. The molecule has 2 rings (SSSR count). The van der Waals surface area contributed by atoms with Crippen molar-refractivity contribution in [3.8, 4) is 0 Å². The van der Waals surface area contributed by atoms with Crippen LogP contribution in [0.5, 0.6) is 0 Å². The molecule has 1 atom stereocenters. The van der Waals surface area contributed by atoms with E-state index in [4.69, 9.17) is 9.47 Å². The van der Waals surface area contributed by atoms with Crippen molar-refractivity contribution in [3.05, 3.63) is 62.0 Å². The molecule has 0 amide bonds. The molecule has 1 aliphatic heterocycles. The second-order valence-corrected chi connectivity index (χ2v) is 6.55. The van der Waals surface area contributed by atoms with Crippen molar-refractivity contribution in [1.82, 2.24) is 5.32 Å². The van der Waals surface area contributed by atoms with E-state index in [0.717, 1.165) is 7.11 Å². The molecule has 8 nitrogen and oxygen atoms in total. The second kappa shape index (κ2) is 9.31. The Hall–Kier alpha value is -3.23. The lowest BCUT2D eigenvalue weighted by Crippen LogP contribution is -2.34. The quantitative estimate of drug-likeness (QED) is 0.421. The van der Waals surface area contributed by atoms with Gasteiger partial charge in [0.1, 0.15) is 6.67 Å². The minimum Gasteiger partial charge on any atom is -0.466 e. The molecule has 156 valence electrons. The lowest BCUT2D eigenvalue weighted by molar-refractivity contribution is -0.384. The van der Waals surface area contributed by atoms with E-state index in [-0.39, 0.29) is 29.1 Å². The van der Waals surface area contributed by atoms with Crippen LogP contribution in [0.4, 0.5) is 10.1 Å². The van der Waals surface area contributed by atoms with Crippen LogP contribution in [0.25, 0.3) is 0 Å². The average molecular weight is 406 g/mol. The third-order valence-electron chi connectivity index (χ3n) is 4.63. The number of carbonyl (C=O) groups excluding carboxylic acids is 2. The molecule has 1 N–H and O–H groups in total. The summed E-state index contributed by atoms with van der Waals surface area (Å²) in [4.78, 5) is 36.1. The van der Waals surface area contributed by atoms with Crippen LogP contribution in [0, 0.1) is 17.0 Å². The number of dihydropyridines is 1. The number of alkyl halides is 1. The lowest BCUT2D eigenvalue weighted by Gasteiger charge is -2.31. The summed E-state index contributed by atoms with van der Waals surface area (Å²) in [6.07, 6.45) is 0.585. The van der Waals surface area contributed by atoms with Crippen molar-refractivity contribution in [2.45, 2.75) is 33.1 Å². The first-order valence-electron chi connectivity index (χ1n) is 9.03. The average Bonchev–Trinajstić information content (AvgIpc) is 2.70. The van der Waals surface area contributed by atoms with Gasteiger partial charge >= 0.3 is 11.9 Å². The summed E-state index contributed by atoms with van der Waals surface area (Å²) >= 11 is 0. The minimum absolute atomic E-state index is 0.0581. The van der Waals surface area contributed by atoms with Crippen LogP contribution in [-0.4, -0.2) is 37.3 Å². The fourth-order valence-corrected chi connectivity index (χ4v) is 3.26. The van der Waals surface area contributed by atoms with Gasteiger partial charge in [0, 0.05) is 17.8 Å². The zero-order chi connectivity index (χ0) is 21.7. The largest absolute Gasteiger partial charge is 0.466 e. The molecule has 1 aliphatic rings. The van der Waals surface area contributed by atoms with Gasteiger partial charge < -0.3 is 14.8 Å². The molecule has 0 aromatic heterocycles. The number of nitro benzene ring substituents is 1. The Morgan fingerprint density at radius 3 is 2.48 bits per heavy atom. The zero-order valence-electron chi connectivity index (χ0n) is 16.7. The first-order chi connectivity index (χ1) is 13.8. The van der Waals surface area contributed by atoms with E-state index < -0.39 is 29.5 Å². The van der Waals surface area contributed by atoms with Crippen LogP contribution < -0.4 is 5.32 Å². The number of non-ortho nitro benzene ring substituents is 1. The molecule has 0 aliphatic carbocycles. The number of ether oxygens (including phenoxy) is 2. The molecule has 0 fully saturated rings. The van der Waals surface area contributed by atoms with Gasteiger partial charge in [-0.2, -0.15) is 0 Å². The summed E-state index contributed by atoms with van der Waals surface area (Å²) in [5, 5.41) is 14.0. The molecule has 0 saturated heterocycles. The number of halogens is 1. The topological polar surface area (TPSA) is 108 Å². The number of nitro groups is 1. The van der Waals surface area contributed by atoms with Crippen molar-refractivity contribution in [2.24, 2.45) is 0 Å². The number of nitrogens with zero attached hydrogens (tertiary/aromatic N) is 1. The Bertz CT molecular complexity index is 906. The maximum atomic E-state index is 13.8. The fourth-order valence-electron chi connectivity index (χ4n) is 3.26. The summed E-state index contributed by atoms with van der Waals surface area (Å²) in [5.41, 5.74) is 0.923. The van der Waals surface area contributed by atoms with E-state index in [0.29, 0.717) is 23.2 Å². The van der Waals surface area contributed by atoms with Gasteiger partial charge in [0.2, 0.25) is 0 Å². The first kappa shape index (κ1) is 22.1. The molecule has 0 bridgehead atoms. The summed E-state index contributed by atoms with van der Waals surface area (Å²) in [5.74, 6) is -2.60. The maximum absolute atomic E-state index is 13.8. The number of benzene rings is 1. The summed E-state index contributed by atoms with van der Waals surface area (Å²) in [7, 11) is 1.14. The molecular weight excluding hydrogens is 383 g/mol. The van der Waals surface area contributed by atoms with E-state index in [1.807, 2.05) is 6.92 Å². The van der Waals surface area contributed by atoms with E-state index >= 15 is 0 Å². The Labute approximate surface area is 167 Å². The Morgan fingerprint density at radius 1 is 1.24 bits per heavy atom. The highest BCUT2D eigenvalue weighted by Crippen LogP contribution is 2.41. The highest BCUT2D eigenvalue weighted by molar-refractivity contribution is 6.00. The monoisotopic (exact) mass is 406 g/mol. The zero-order valence-corrected chi connectivity index (χ0v) is 16.7. The van der Waals surface area contributed by atoms with Gasteiger partial charge in [-0.15, -0.1) is 0 Å². The number of carbonyl (C=O) groups is 2. The normalized spacial score (nSPS) is 16.4. The molecule has 1 heterocycles. The Kier molecular flexibility index (Phi) is 7.08. The van der Waals surface area contributed by atoms with Gasteiger partial charge in [0.05, 0.1) is 41.4 Å². The number of hydrogen-bond donors (Lipinski definition) is 1. The van der Waals surface area contributed by atoms with Crippen LogP contribution in [0.2, 0.25) is 0 Å². The van der Waals surface area contributed by atoms with Crippen LogP contribution in [0.1, 0.15) is 37.3 Å². The van der Waals surface area contributed by atoms with Crippen molar-refractivity contribution in [1.29, 1.82) is 0 Å². The number of aryl methyl sites for hydroxylation is 1. The molecule has 1 unspecified atom stereocenters. The van der Waals surface area contributed by atoms with E-state index in [1.54, 1.807) is 13.8 Å². The highest BCUT2D eigenvalue weighted by atomic mass is 19.1. The highest BCUT2D eigenvalue weighted by Gasteiger charge is 2.40. The number of esters is 2. The number of rotatable bonds is 7. The van der Waals surface area contributed by atoms with Gasteiger partial charge in [0.15, 0.2) is 0 Å². The van der Waals surface area contributed by atoms with E-state index in [9.17, 15) is 24.1 Å². The number of allylic oxidation sites excluding steroid dienone is 2. The third-order valence-corrected chi connectivity index (χ3v) is 4.63. The Balaban J connectivity index is 2.78. The van der Waals surface area contributed by atoms with Crippen molar-refractivity contribution >= 4 is 17.6 Å². The second-order valence-electron chi connectivity index (χ2n) is 6.55. The molecular formula is C20H23FN2O6. The van der Waals surface area contributed by atoms with Gasteiger partial charge in [-0.1, -0.05) is 13.0 Å². The molecule has 1 aromatic rings. The predicted molar refractivity (Wildman–Crippen MR) is 103 cm³/mol. The smallest absolute Gasteiger partial charge is 0.336 e. The summed E-state index contributed by atoms with van der Waals surface area (Å²) < 4.78 is 23.8. The lowest BCUT2D eigenvalue weighted by atomic mass is 9.78. The fraction of sp³-hybridized carbons (Fsp3) is 0.400. The number of hydrogen-bond acceptors (Lipinski definition) is 7. The molecule has 9 heteroatoms. The maximum Gasteiger partial charge on any atom is 0.336 e. The van der Waals surface area contributed by atoms with Gasteiger partial charge in [-0.25, -0.2) is 14.0 Å². The van der Waals surface area contributed by atoms with Gasteiger partial charge in [-0.3, -0.25) is 10.1 Å². The van der Waals surface area contributed by atoms with Crippen molar-refractivity contribution < 1.29 is 28.4 Å². The molecule has 1 aromatic carbocycles. The molecule has 0 radical (unpaired) electrons. The van der Waals surface area contributed by atoms with E-state index in [2.05, 4.69) is 5.32 Å². The number of nitrogens with one attached hydrogen (secondary N) is 1. The summed E-state index contributed by atoms with van der Waals surface area (Å²) in [6, 6.07) is 4.12. The first-order valence-corrected chi connectivity index (χ1v) is 9.03. The van der Waals surface area contributed by atoms with Gasteiger partial charge in [-0.05, 0) is 31.4 Å². The summed E-state index contributed by atoms with van der Waals surface area (Å²) in [6.45, 7) is 4.23.